The number of rotatable bonds is 9. The molecule has 0 aromatic carbocycles. The van der Waals surface area contributed by atoms with Crippen molar-refractivity contribution in [1.29, 1.82) is 0 Å². The topological polar surface area (TPSA) is 41.9 Å². The van der Waals surface area contributed by atoms with Crippen molar-refractivity contribution < 1.29 is 0 Å². The lowest BCUT2D eigenvalue weighted by Gasteiger charge is -2.22. The van der Waals surface area contributed by atoms with Crippen molar-refractivity contribution in [3.63, 3.8) is 0 Å². The lowest BCUT2D eigenvalue weighted by atomic mass is 10.2. The van der Waals surface area contributed by atoms with E-state index in [2.05, 4.69) is 19.9 Å². The highest BCUT2D eigenvalue weighted by molar-refractivity contribution is 6.17. The van der Waals surface area contributed by atoms with E-state index in [1.807, 2.05) is 54.7 Å². The summed E-state index contributed by atoms with van der Waals surface area (Å²) < 4.78 is 0. The van der Waals surface area contributed by atoms with Crippen LogP contribution in [0.25, 0.3) is 0 Å². The summed E-state index contributed by atoms with van der Waals surface area (Å²) in [4.78, 5) is 16.0. The predicted molar refractivity (Wildman–Crippen MR) is 114 cm³/mol. The molecule has 0 saturated heterocycles. The number of alkyl halides is 3. The van der Waals surface area contributed by atoms with E-state index in [0.717, 1.165) is 34.0 Å². The Bertz CT molecular complexity index is 837. The van der Waals surface area contributed by atoms with Crippen LogP contribution in [0.1, 0.15) is 34.0 Å². The summed E-state index contributed by atoms with van der Waals surface area (Å²) in [5.41, 5.74) is 5.63. The zero-order valence-electron chi connectivity index (χ0n) is 15.4. The molecule has 0 aliphatic heterocycles. The van der Waals surface area contributed by atoms with Crippen LogP contribution in [-0.4, -0.2) is 19.9 Å². The van der Waals surface area contributed by atoms with Gasteiger partial charge in [0.2, 0.25) is 0 Å². The van der Waals surface area contributed by atoms with Gasteiger partial charge in [0, 0.05) is 31.7 Å². The van der Waals surface area contributed by atoms with Gasteiger partial charge >= 0.3 is 0 Å². The second-order valence-corrected chi connectivity index (χ2v) is 7.25. The highest BCUT2D eigenvalue weighted by atomic mass is 35.5. The van der Waals surface area contributed by atoms with Gasteiger partial charge in [-0.3, -0.25) is 19.9 Å². The summed E-state index contributed by atoms with van der Waals surface area (Å²) in [5, 5.41) is 0. The Labute approximate surface area is 180 Å². The van der Waals surface area contributed by atoms with Gasteiger partial charge < -0.3 is 0 Å². The van der Waals surface area contributed by atoms with E-state index in [1.54, 1.807) is 0 Å². The largest absolute Gasteiger partial charge is 0.286 e. The number of nitrogens with zero attached hydrogens (tertiary/aromatic N) is 4. The summed E-state index contributed by atoms with van der Waals surface area (Å²) in [6, 6.07) is 15.9. The zero-order valence-corrected chi connectivity index (χ0v) is 17.6. The fourth-order valence-corrected chi connectivity index (χ4v) is 3.32. The fourth-order valence-electron chi connectivity index (χ4n) is 2.87. The van der Waals surface area contributed by atoms with E-state index in [9.17, 15) is 0 Å². The lowest BCUT2D eigenvalue weighted by Crippen LogP contribution is -2.24. The molecule has 0 amide bonds. The van der Waals surface area contributed by atoms with Crippen molar-refractivity contribution in [1.82, 2.24) is 19.9 Å². The van der Waals surface area contributed by atoms with Crippen molar-refractivity contribution >= 4 is 34.8 Å². The molecular weight excluding hydrogens is 415 g/mol. The minimum Gasteiger partial charge on any atom is -0.286 e. The number of aromatic nitrogens is 3. The summed E-state index contributed by atoms with van der Waals surface area (Å²) >= 11 is 17.7. The third-order valence-electron chi connectivity index (χ3n) is 4.20. The SMILES string of the molecule is ClCc1ccc(CN(Cc2cccc(CCl)n2)Cc2cccc(CCl)n2)nc1. The van der Waals surface area contributed by atoms with E-state index in [1.165, 1.54) is 0 Å². The van der Waals surface area contributed by atoms with Crippen molar-refractivity contribution in [3.8, 4) is 0 Å². The quantitative estimate of drug-likeness (QED) is 0.428. The van der Waals surface area contributed by atoms with Gasteiger partial charge in [0.25, 0.3) is 0 Å². The van der Waals surface area contributed by atoms with Gasteiger partial charge in [-0.1, -0.05) is 18.2 Å². The predicted octanol–water partition coefficient (Wildman–Crippen LogP) is 5.29. The second-order valence-electron chi connectivity index (χ2n) is 6.44. The molecule has 4 nitrogen and oxygen atoms in total. The van der Waals surface area contributed by atoms with Crippen molar-refractivity contribution in [2.45, 2.75) is 37.3 Å². The van der Waals surface area contributed by atoms with Gasteiger partial charge in [-0.05, 0) is 35.9 Å². The molecule has 146 valence electrons. The number of hydrogen-bond donors (Lipinski definition) is 0. The van der Waals surface area contributed by atoms with E-state index in [4.69, 9.17) is 34.8 Å². The van der Waals surface area contributed by atoms with E-state index >= 15 is 0 Å². The fraction of sp³-hybridized carbons (Fsp3) is 0.286. The first-order chi connectivity index (χ1) is 13.7. The van der Waals surface area contributed by atoms with Gasteiger partial charge in [-0.25, -0.2) is 0 Å². The lowest BCUT2D eigenvalue weighted by molar-refractivity contribution is 0.238. The van der Waals surface area contributed by atoms with Gasteiger partial charge in [-0.2, -0.15) is 0 Å². The Morgan fingerprint density at radius 3 is 1.61 bits per heavy atom. The Morgan fingerprint density at radius 2 is 1.14 bits per heavy atom. The normalized spacial score (nSPS) is 11.1. The molecule has 0 fully saturated rings. The van der Waals surface area contributed by atoms with E-state index < -0.39 is 0 Å². The van der Waals surface area contributed by atoms with Crippen LogP contribution in [0.3, 0.4) is 0 Å². The van der Waals surface area contributed by atoms with Crippen LogP contribution < -0.4 is 0 Å². The summed E-state index contributed by atoms with van der Waals surface area (Å²) in [6.45, 7) is 2.00. The maximum Gasteiger partial charge on any atom is 0.0647 e. The zero-order chi connectivity index (χ0) is 19.8. The molecule has 0 saturated carbocycles. The van der Waals surface area contributed by atoms with E-state index in [0.29, 0.717) is 37.3 Å². The maximum absolute atomic E-state index is 5.94. The molecule has 3 rings (SSSR count). The monoisotopic (exact) mass is 434 g/mol. The summed E-state index contributed by atoms with van der Waals surface area (Å²) in [6.07, 6.45) is 1.82. The molecule has 0 spiro atoms. The average Bonchev–Trinajstić information content (AvgIpc) is 2.74. The molecule has 3 aromatic rings. The standard InChI is InChI=1S/C21H21Cl3N4/c22-9-16-7-8-19(25-12-16)13-28(14-20-5-1-3-17(10-23)26-20)15-21-6-2-4-18(11-24)27-21/h1-8,12H,9-11,13-15H2. The minimum absolute atomic E-state index is 0.397. The number of halogens is 3. The van der Waals surface area contributed by atoms with Crippen LogP contribution in [-0.2, 0) is 37.3 Å². The molecule has 0 bridgehead atoms. The Balaban J connectivity index is 1.80. The van der Waals surface area contributed by atoms with Gasteiger partial charge in [0.1, 0.15) is 0 Å². The van der Waals surface area contributed by atoms with Crippen molar-refractivity contribution in [2.75, 3.05) is 0 Å². The Kier molecular flexibility index (Phi) is 8.04. The third-order valence-corrected chi connectivity index (χ3v) is 5.06. The molecule has 0 N–H and O–H groups in total. The molecular formula is C21H21Cl3N4. The highest BCUT2D eigenvalue weighted by Gasteiger charge is 2.12. The molecule has 3 aromatic heterocycles. The minimum atomic E-state index is 0.397. The first kappa shape index (κ1) is 21.0. The van der Waals surface area contributed by atoms with Crippen LogP contribution in [0, 0.1) is 0 Å². The van der Waals surface area contributed by atoms with Gasteiger partial charge in [-0.15, -0.1) is 34.8 Å². The van der Waals surface area contributed by atoms with Crippen LogP contribution in [0.2, 0.25) is 0 Å². The molecule has 28 heavy (non-hydrogen) atoms. The molecule has 0 atom stereocenters. The molecule has 3 heterocycles. The van der Waals surface area contributed by atoms with Crippen LogP contribution in [0.4, 0.5) is 0 Å². The maximum atomic E-state index is 5.94. The molecule has 0 aliphatic rings. The number of pyridine rings is 3. The Hall–Kier alpha value is -1.72. The molecule has 7 heteroatoms. The summed E-state index contributed by atoms with van der Waals surface area (Å²) in [7, 11) is 0. The first-order valence-electron chi connectivity index (χ1n) is 8.94. The first-order valence-corrected chi connectivity index (χ1v) is 10.5. The highest BCUT2D eigenvalue weighted by Crippen LogP contribution is 2.14. The van der Waals surface area contributed by atoms with Crippen molar-refractivity contribution in [2.24, 2.45) is 0 Å². The second kappa shape index (κ2) is 10.7. The molecule has 0 radical (unpaired) electrons. The van der Waals surface area contributed by atoms with Crippen LogP contribution in [0.5, 0.6) is 0 Å². The molecule has 0 aliphatic carbocycles. The van der Waals surface area contributed by atoms with Crippen molar-refractivity contribution in [3.05, 3.63) is 88.8 Å². The van der Waals surface area contributed by atoms with Crippen LogP contribution >= 0.6 is 34.8 Å². The Morgan fingerprint density at radius 1 is 0.607 bits per heavy atom. The average molecular weight is 436 g/mol. The van der Waals surface area contributed by atoms with Gasteiger partial charge in [0.05, 0.1) is 40.2 Å². The van der Waals surface area contributed by atoms with E-state index in [-0.39, 0.29) is 0 Å². The van der Waals surface area contributed by atoms with Gasteiger partial charge in [0.15, 0.2) is 0 Å². The number of hydrogen-bond acceptors (Lipinski definition) is 4. The smallest absolute Gasteiger partial charge is 0.0647 e. The third kappa shape index (κ3) is 6.14. The van der Waals surface area contributed by atoms with Crippen LogP contribution in [0.15, 0.2) is 54.7 Å². The summed E-state index contributed by atoms with van der Waals surface area (Å²) in [5.74, 6) is 1.25. The molecule has 0 unspecified atom stereocenters.